The lowest BCUT2D eigenvalue weighted by atomic mass is 10.0. The van der Waals surface area contributed by atoms with Gasteiger partial charge in [0.2, 0.25) is 11.9 Å². The fourth-order valence-corrected chi connectivity index (χ4v) is 4.41. The molecule has 1 aromatic carbocycles. The summed E-state index contributed by atoms with van der Waals surface area (Å²) < 4.78 is 29.8. The Morgan fingerprint density at radius 1 is 1.16 bits per heavy atom. The fourth-order valence-electron chi connectivity index (χ4n) is 4.41. The number of hydrazone groups is 1. The first-order valence-electron chi connectivity index (χ1n) is 11.7. The molecule has 1 saturated heterocycles. The second kappa shape index (κ2) is 10.2. The van der Waals surface area contributed by atoms with Gasteiger partial charge in [-0.2, -0.15) is 15.5 Å². The van der Waals surface area contributed by atoms with Gasteiger partial charge in [0.05, 0.1) is 23.9 Å². The van der Waals surface area contributed by atoms with Crippen LogP contribution in [0.5, 0.6) is 0 Å². The molecular weight excluding hydrogens is 498 g/mol. The van der Waals surface area contributed by atoms with Gasteiger partial charge in [0, 0.05) is 45.0 Å². The number of nitriles is 1. The molecule has 1 fully saturated rings. The van der Waals surface area contributed by atoms with Crippen molar-refractivity contribution in [3.63, 3.8) is 0 Å². The molecule has 38 heavy (non-hydrogen) atoms. The van der Waals surface area contributed by atoms with Gasteiger partial charge in [0.25, 0.3) is 0 Å². The number of urea groups is 1. The summed E-state index contributed by atoms with van der Waals surface area (Å²) in [5, 5.41) is 18.8. The molecule has 1 atom stereocenters. The van der Waals surface area contributed by atoms with Crippen LogP contribution >= 0.6 is 0 Å². The van der Waals surface area contributed by atoms with Crippen LogP contribution in [0.2, 0.25) is 0 Å². The maximum Gasteiger partial charge on any atom is 0.341 e. The van der Waals surface area contributed by atoms with E-state index in [4.69, 9.17) is 11.0 Å². The van der Waals surface area contributed by atoms with Crippen LogP contribution in [0.4, 0.5) is 19.5 Å². The molecule has 2 aliphatic rings. The van der Waals surface area contributed by atoms with E-state index >= 15 is 0 Å². The average molecular weight is 521 g/mol. The van der Waals surface area contributed by atoms with E-state index in [2.05, 4.69) is 20.2 Å². The molecule has 194 valence electrons. The summed E-state index contributed by atoms with van der Waals surface area (Å²) in [6, 6.07) is 6.60. The first-order chi connectivity index (χ1) is 18.3. The third kappa shape index (κ3) is 4.99. The first-order valence-corrected chi connectivity index (χ1v) is 11.7. The summed E-state index contributed by atoms with van der Waals surface area (Å²) in [6.07, 6.45) is 4.56. The second-order valence-electron chi connectivity index (χ2n) is 8.77. The molecule has 12 nitrogen and oxygen atoms in total. The van der Waals surface area contributed by atoms with Crippen molar-refractivity contribution in [1.29, 1.82) is 5.26 Å². The first kappa shape index (κ1) is 24.8. The predicted octanol–water partition coefficient (Wildman–Crippen LogP) is 1.65. The maximum absolute atomic E-state index is 14.5. The van der Waals surface area contributed by atoms with Gasteiger partial charge < -0.3 is 15.5 Å². The maximum atomic E-state index is 14.5. The number of carbonyl (C=O) groups excluding carboxylic acids is 2. The SMILES string of the molecule is N#Cc1cc(F)cc(C2CC=NN2C(=O)N2CCN(c3ncc(F)c(-c4ccn(CC(N)=O)n4)n3)CC2)c1. The van der Waals surface area contributed by atoms with Crippen LogP contribution in [-0.2, 0) is 11.3 Å². The molecular formula is C24H22F2N10O2. The second-order valence-corrected chi connectivity index (χ2v) is 8.77. The van der Waals surface area contributed by atoms with Crippen molar-refractivity contribution in [2.45, 2.75) is 19.0 Å². The minimum atomic E-state index is -0.665. The number of amides is 3. The number of nitrogens with two attached hydrogens (primary N) is 1. The van der Waals surface area contributed by atoms with E-state index in [1.54, 1.807) is 17.2 Å². The lowest BCUT2D eigenvalue weighted by molar-refractivity contribution is -0.118. The zero-order valence-corrected chi connectivity index (χ0v) is 20.0. The molecule has 3 aromatic rings. The third-order valence-electron chi connectivity index (χ3n) is 6.23. The normalized spacial score (nSPS) is 17.1. The number of primary amides is 1. The van der Waals surface area contributed by atoms with E-state index in [1.165, 1.54) is 28.0 Å². The van der Waals surface area contributed by atoms with Crippen molar-refractivity contribution in [3.05, 3.63) is 59.4 Å². The van der Waals surface area contributed by atoms with Gasteiger partial charge in [-0.1, -0.05) is 0 Å². The zero-order valence-electron chi connectivity index (χ0n) is 20.0. The molecule has 0 aliphatic carbocycles. The summed E-state index contributed by atoms with van der Waals surface area (Å²) in [4.78, 5) is 36.3. The van der Waals surface area contributed by atoms with E-state index in [0.717, 1.165) is 12.3 Å². The molecule has 4 heterocycles. The van der Waals surface area contributed by atoms with Crippen LogP contribution < -0.4 is 10.6 Å². The standard InChI is InChI=1S/C24H22F2N10O2/c25-17-10-15(12-27)9-16(11-17)20-1-3-30-36(20)24(38)34-7-5-33(6-8-34)23-29-13-18(26)22(31-23)19-2-4-35(32-19)14-21(28)37/h2-4,9-11,13,20H,1,5-8,14H2,(H2,28,37). The Morgan fingerprint density at radius 3 is 2.68 bits per heavy atom. The van der Waals surface area contributed by atoms with Crippen LogP contribution in [0.25, 0.3) is 11.4 Å². The largest absolute Gasteiger partial charge is 0.368 e. The highest BCUT2D eigenvalue weighted by Gasteiger charge is 2.34. The smallest absolute Gasteiger partial charge is 0.341 e. The summed E-state index contributed by atoms with van der Waals surface area (Å²) in [6.45, 7) is 1.28. The molecule has 2 aromatic heterocycles. The summed E-state index contributed by atoms with van der Waals surface area (Å²) in [5.41, 5.74) is 6.07. The highest BCUT2D eigenvalue weighted by atomic mass is 19.1. The predicted molar refractivity (Wildman–Crippen MR) is 130 cm³/mol. The number of piperazine rings is 1. The molecule has 2 N–H and O–H groups in total. The van der Waals surface area contributed by atoms with Gasteiger partial charge in [-0.3, -0.25) is 9.48 Å². The number of halogens is 2. The quantitative estimate of drug-likeness (QED) is 0.537. The minimum absolute atomic E-state index is 0.0159. The van der Waals surface area contributed by atoms with E-state index < -0.39 is 23.6 Å². The molecule has 5 rings (SSSR count). The van der Waals surface area contributed by atoms with Crippen molar-refractivity contribution in [1.82, 2.24) is 29.7 Å². The van der Waals surface area contributed by atoms with Crippen molar-refractivity contribution in [2.24, 2.45) is 10.8 Å². The Balaban J connectivity index is 1.26. The molecule has 3 amide bonds. The van der Waals surface area contributed by atoms with E-state index in [-0.39, 0.29) is 35.5 Å². The van der Waals surface area contributed by atoms with Gasteiger partial charge >= 0.3 is 6.03 Å². The van der Waals surface area contributed by atoms with Gasteiger partial charge in [-0.05, 0) is 29.8 Å². The van der Waals surface area contributed by atoms with Gasteiger partial charge in [-0.15, -0.1) is 0 Å². The van der Waals surface area contributed by atoms with E-state index in [0.29, 0.717) is 38.2 Å². The van der Waals surface area contributed by atoms with Crippen molar-refractivity contribution >= 4 is 24.1 Å². The van der Waals surface area contributed by atoms with Crippen LogP contribution in [0.15, 0.2) is 41.8 Å². The van der Waals surface area contributed by atoms with E-state index in [9.17, 15) is 18.4 Å². The number of rotatable bonds is 5. The van der Waals surface area contributed by atoms with E-state index in [1.807, 2.05) is 11.0 Å². The number of aromatic nitrogens is 4. The number of carbonyl (C=O) groups is 2. The monoisotopic (exact) mass is 520 g/mol. The Kier molecular flexibility index (Phi) is 6.65. The molecule has 0 bridgehead atoms. The van der Waals surface area contributed by atoms with Crippen LogP contribution in [-0.4, -0.2) is 74.0 Å². The number of nitrogens with zero attached hydrogens (tertiary/aromatic N) is 9. The topological polar surface area (TPSA) is 150 Å². The molecule has 0 saturated carbocycles. The number of benzene rings is 1. The highest BCUT2D eigenvalue weighted by Crippen LogP contribution is 2.31. The van der Waals surface area contributed by atoms with Crippen molar-refractivity contribution in [2.75, 3.05) is 31.1 Å². The molecule has 2 aliphatic heterocycles. The summed E-state index contributed by atoms with van der Waals surface area (Å²) in [5.74, 6) is -1.52. The Labute approximate surface area is 215 Å². The minimum Gasteiger partial charge on any atom is -0.368 e. The third-order valence-corrected chi connectivity index (χ3v) is 6.23. The number of hydrogen-bond donors (Lipinski definition) is 1. The fraction of sp³-hybridized carbons (Fsp3) is 0.292. The van der Waals surface area contributed by atoms with Gasteiger partial charge in [0.15, 0.2) is 5.82 Å². The lowest BCUT2D eigenvalue weighted by Crippen LogP contribution is -2.52. The lowest BCUT2D eigenvalue weighted by Gasteiger charge is -2.37. The van der Waals surface area contributed by atoms with Crippen molar-refractivity contribution < 1.29 is 18.4 Å². The van der Waals surface area contributed by atoms with Gasteiger partial charge in [-0.25, -0.2) is 28.6 Å². The highest BCUT2D eigenvalue weighted by molar-refractivity contribution is 5.79. The Morgan fingerprint density at radius 2 is 1.95 bits per heavy atom. The molecule has 0 spiro atoms. The van der Waals surface area contributed by atoms with Crippen LogP contribution in [0.3, 0.4) is 0 Å². The number of hydrogen-bond acceptors (Lipinski definition) is 8. The van der Waals surface area contributed by atoms with Crippen molar-refractivity contribution in [3.8, 4) is 17.5 Å². The van der Waals surface area contributed by atoms with Crippen LogP contribution in [0, 0.1) is 23.0 Å². The zero-order chi connectivity index (χ0) is 26.8. The number of anilines is 1. The molecule has 0 radical (unpaired) electrons. The Bertz CT molecular complexity index is 1460. The summed E-state index contributed by atoms with van der Waals surface area (Å²) >= 11 is 0. The van der Waals surface area contributed by atoms with Gasteiger partial charge in [0.1, 0.15) is 23.7 Å². The summed E-state index contributed by atoms with van der Waals surface area (Å²) in [7, 11) is 0. The average Bonchev–Trinajstić information content (AvgIpc) is 3.58. The molecule has 1 unspecified atom stereocenters. The Hall–Kier alpha value is -4.93. The van der Waals surface area contributed by atoms with Crippen LogP contribution in [0.1, 0.15) is 23.6 Å². The molecule has 14 heteroatoms.